The number of nitro benzene ring substituents is 1. The molecule has 2 aliphatic rings. The number of aromatic nitrogens is 3. The van der Waals surface area contributed by atoms with Crippen molar-refractivity contribution in [2.45, 2.75) is 38.1 Å². The van der Waals surface area contributed by atoms with Gasteiger partial charge in [0.2, 0.25) is 0 Å². The molecule has 2 aromatic rings. The first-order valence-electron chi connectivity index (χ1n) is 8.24. The van der Waals surface area contributed by atoms with E-state index >= 15 is 0 Å². The Kier molecular flexibility index (Phi) is 3.66. The molecule has 1 aromatic heterocycles. The van der Waals surface area contributed by atoms with Gasteiger partial charge in [-0.3, -0.25) is 10.1 Å². The van der Waals surface area contributed by atoms with Crippen LogP contribution in [0.25, 0.3) is 0 Å². The monoisotopic (exact) mass is 331 g/mol. The van der Waals surface area contributed by atoms with E-state index in [9.17, 15) is 14.5 Å². The summed E-state index contributed by atoms with van der Waals surface area (Å²) in [6, 6.07) is 3.85. The summed E-state index contributed by atoms with van der Waals surface area (Å²) in [5.41, 5.74) is 0.218. The Morgan fingerprint density at radius 3 is 2.71 bits per heavy atom. The van der Waals surface area contributed by atoms with Gasteiger partial charge in [0.1, 0.15) is 11.6 Å². The predicted molar refractivity (Wildman–Crippen MR) is 85.6 cm³/mol. The molecular formula is C16H18FN5O2. The third-order valence-corrected chi connectivity index (χ3v) is 4.98. The lowest BCUT2D eigenvalue weighted by Crippen LogP contribution is -2.34. The van der Waals surface area contributed by atoms with Crippen molar-refractivity contribution in [2.75, 3.05) is 18.0 Å². The van der Waals surface area contributed by atoms with E-state index in [1.807, 2.05) is 4.90 Å². The molecule has 0 saturated carbocycles. The minimum Gasteiger partial charge on any atom is -0.369 e. The van der Waals surface area contributed by atoms with Gasteiger partial charge in [-0.05, 0) is 25.3 Å². The van der Waals surface area contributed by atoms with Crippen LogP contribution in [0.5, 0.6) is 0 Å². The molecule has 24 heavy (non-hydrogen) atoms. The number of non-ortho nitro benzene ring substituents is 1. The lowest BCUT2D eigenvalue weighted by molar-refractivity contribution is -0.385. The van der Waals surface area contributed by atoms with Crippen LogP contribution in [0.2, 0.25) is 0 Å². The zero-order chi connectivity index (χ0) is 16.7. The van der Waals surface area contributed by atoms with E-state index in [2.05, 4.69) is 14.8 Å². The number of anilines is 1. The Labute approximate surface area is 138 Å². The lowest BCUT2D eigenvalue weighted by Gasteiger charge is -2.33. The molecule has 8 heteroatoms. The minimum atomic E-state index is -0.578. The fourth-order valence-electron chi connectivity index (χ4n) is 3.72. The third kappa shape index (κ3) is 2.51. The summed E-state index contributed by atoms with van der Waals surface area (Å²) in [5.74, 6) is 1.95. The Morgan fingerprint density at radius 1 is 1.21 bits per heavy atom. The Bertz CT molecular complexity index is 783. The first-order chi connectivity index (χ1) is 11.6. The average molecular weight is 331 g/mol. The summed E-state index contributed by atoms with van der Waals surface area (Å²) >= 11 is 0. The smallest absolute Gasteiger partial charge is 0.272 e. The largest absolute Gasteiger partial charge is 0.369 e. The standard InChI is InChI=1S/C16H18FN5O2/c17-13-10-12(22(23)24)3-4-14(13)20-8-5-11(6-9-20)16-19-18-15-2-1-7-21(15)16/h3-4,10-11H,1-2,5-9H2. The van der Waals surface area contributed by atoms with Gasteiger partial charge in [-0.25, -0.2) is 4.39 Å². The molecule has 0 spiro atoms. The van der Waals surface area contributed by atoms with Crippen LogP contribution in [0.3, 0.4) is 0 Å². The van der Waals surface area contributed by atoms with Crippen molar-refractivity contribution in [3.63, 3.8) is 0 Å². The van der Waals surface area contributed by atoms with Crippen LogP contribution in [0.15, 0.2) is 18.2 Å². The van der Waals surface area contributed by atoms with E-state index in [-0.39, 0.29) is 5.69 Å². The van der Waals surface area contributed by atoms with Crippen molar-refractivity contribution >= 4 is 11.4 Å². The van der Waals surface area contributed by atoms with Gasteiger partial charge in [0.05, 0.1) is 16.7 Å². The zero-order valence-corrected chi connectivity index (χ0v) is 13.2. The van der Waals surface area contributed by atoms with Crippen LogP contribution in [0.4, 0.5) is 15.8 Å². The number of hydrogen-bond donors (Lipinski definition) is 0. The number of nitro groups is 1. The lowest BCUT2D eigenvalue weighted by atomic mass is 9.95. The van der Waals surface area contributed by atoms with Gasteiger partial charge in [0.15, 0.2) is 5.82 Å². The number of fused-ring (bicyclic) bond motifs is 1. The van der Waals surface area contributed by atoms with Crippen molar-refractivity contribution in [2.24, 2.45) is 0 Å². The molecule has 0 N–H and O–H groups in total. The van der Waals surface area contributed by atoms with E-state index in [1.165, 1.54) is 12.1 Å². The van der Waals surface area contributed by atoms with Gasteiger partial charge in [-0.1, -0.05) is 0 Å². The molecule has 0 radical (unpaired) electrons. The van der Waals surface area contributed by atoms with E-state index in [0.717, 1.165) is 49.9 Å². The number of hydrogen-bond acceptors (Lipinski definition) is 5. The normalized spacial score (nSPS) is 18.0. The number of piperidine rings is 1. The molecule has 0 aliphatic carbocycles. The third-order valence-electron chi connectivity index (χ3n) is 4.98. The number of benzene rings is 1. The van der Waals surface area contributed by atoms with E-state index in [0.29, 0.717) is 24.7 Å². The summed E-state index contributed by atoms with van der Waals surface area (Å²) in [6.07, 6.45) is 3.90. The maximum Gasteiger partial charge on any atom is 0.272 e. The van der Waals surface area contributed by atoms with E-state index < -0.39 is 10.7 Å². The van der Waals surface area contributed by atoms with Gasteiger partial charge in [-0.15, -0.1) is 10.2 Å². The van der Waals surface area contributed by atoms with Gasteiger partial charge < -0.3 is 9.47 Å². The van der Waals surface area contributed by atoms with Gasteiger partial charge in [-0.2, -0.15) is 0 Å². The Morgan fingerprint density at radius 2 is 2.00 bits per heavy atom. The van der Waals surface area contributed by atoms with Crippen molar-refractivity contribution in [1.82, 2.24) is 14.8 Å². The first-order valence-corrected chi connectivity index (χ1v) is 8.24. The SMILES string of the molecule is O=[N+]([O-])c1ccc(N2CCC(c3nnc4n3CCC4)CC2)c(F)c1. The second-order valence-corrected chi connectivity index (χ2v) is 6.38. The summed E-state index contributed by atoms with van der Waals surface area (Å²) in [4.78, 5) is 12.1. The maximum atomic E-state index is 14.2. The molecule has 2 aliphatic heterocycles. The molecule has 1 aromatic carbocycles. The molecule has 0 amide bonds. The average Bonchev–Trinajstić information content (AvgIpc) is 3.18. The fourth-order valence-corrected chi connectivity index (χ4v) is 3.72. The van der Waals surface area contributed by atoms with Gasteiger partial charge >= 0.3 is 0 Å². The number of halogens is 1. The molecule has 126 valence electrons. The van der Waals surface area contributed by atoms with Gasteiger partial charge in [0.25, 0.3) is 5.69 Å². The summed E-state index contributed by atoms with van der Waals surface area (Å²) < 4.78 is 16.4. The van der Waals surface area contributed by atoms with Crippen molar-refractivity contribution in [1.29, 1.82) is 0 Å². The highest BCUT2D eigenvalue weighted by Crippen LogP contribution is 2.33. The van der Waals surface area contributed by atoms with Crippen LogP contribution in [0.1, 0.15) is 36.8 Å². The minimum absolute atomic E-state index is 0.217. The number of rotatable bonds is 3. The zero-order valence-electron chi connectivity index (χ0n) is 13.2. The van der Waals surface area contributed by atoms with E-state index in [4.69, 9.17) is 0 Å². The maximum absolute atomic E-state index is 14.2. The van der Waals surface area contributed by atoms with Crippen LogP contribution >= 0.6 is 0 Å². The number of aryl methyl sites for hydroxylation is 1. The van der Waals surface area contributed by atoms with Crippen molar-refractivity contribution in [3.8, 4) is 0 Å². The molecular weight excluding hydrogens is 313 g/mol. The molecule has 1 fully saturated rings. The second kappa shape index (κ2) is 5.85. The van der Waals surface area contributed by atoms with Crippen LogP contribution in [-0.2, 0) is 13.0 Å². The highest BCUT2D eigenvalue weighted by Gasteiger charge is 2.28. The molecule has 7 nitrogen and oxygen atoms in total. The molecule has 4 rings (SSSR count). The van der Waals surface area contributed by atoms with Crippen LogP contribution < -0.4 is 4.90 Å². The fraction of sp³-hybridized carbons (Fsp3) is 0.500. The summed E-state index contributed by atoms with van der Waals surface area (Å²) in [5, 5.41) is 19.3. The van der Waals surface area contributed by atoms with E-state index in [1.54, 1.807) is 0 Å². The molecule has 0 unspecified atom stereocenters. The summed E-state index contributed by atoms with van der Waals surface area (Å²) in [6.45, 7) is 2.41. The van der Waals surface area contributed by atoms with Gasteiger partial charge in [0, 0.05) is 38.0 Å². The molecule has 3 heterocycles. The van der Waals surface area contributed by atoms with Crippen molar-refractivity contribution in [3.05, 3.63) is 45.8 Å². The number of nitrogens with zero attached hydrogens (tertiary/aromatic N) is 5. The van der Waals surface area contributed by atoms with Crippen LogP contribution in [0, 0.1) is 15.9 Å². The highest BCUT2D eigenvalue weighted by molar-refractivity contribution is 5.52. The Hall–Kier alpha value is -2.51. The molecule has 1 saturated heterocycles. The molecule has 0 atom stereocenters. The second-order valence-electron chi connectivity index (χ2n) is 6.38. The Balaban J connectivity index is 1.47. The topological polar surface area (TPSA) is 77.1 Å². The van der Waals surface area contributed by atoms with Crippen LogP contribution in [-0.4, -0.2) is 32.8 Å². The highest BCUT2D eigenvalue weighted by atomic mass is 19.1. The summed E-state index contributed by atoms with van der Waals surface area (Å²) in [7, 11) is 0. The first kappa shape index (κ1) is 15.0. The van der Waals surface area contributed by atoms with Crippen molar-refractivity contribution < 1.29 is 9.31 Å². The quantitative estimate of drug-likeness (QED) is 0.638. The predicted octanol–water partition coefficient (Wildman–Crippen LogP) is 2.66. The molecule has 0 bridgehead atoms.